The quantitative estimate of drug-likeness (QED) is 0.0532. The van der Waals surface area contributed by atoms with Gasteiger partial charge in [0, 0.05) is 84.1 Å². The van der Waals surface area contributed by atoms with Crippen molar-refractivity contribution in [1.29, 1.82) is 0 Å². The molecule has 7 rings (SSSR count). The number of hydrogen-bond donors (Lipinski definition) is 4. The first kappa shape index (κ1) is 46.9. The minimum Gasteiger partial charge on any atom is -0.384 e. The predicted octanol–water partition coefficient (Wildman–Crippen LogP) is 8.32. The van der Waals surface area contributed by atoms with Gasteiger partial charge in [-0.2, -0.15) is 13.2 Å². The average molecular weight is 947 g/mol. The van der Waals surface area contributed by atoms with E-state index in [1.165, 1.54) is 40.6 Å². The number of nitrogens with one attached hydrogen (secondary N) is 4. The van der Waals surface area contributed by atoms with Gasteiger partial charge in [-0.25, -0.2) is 21.6 Å². The van der Waals surface area contributed by atoms with Gasteiger partial charge in [0.1, 0.15) is 4.90 Å². The zero-order valence-corrected chi connectivity index (χ0v) is 37.7. The Morgan fingerprint density at radius 1 is 0.873 bits per heavy atom. The van der Waals surface area contributed by atoms with Gasteiger partial charge < -0.3 is 25.6 Å². The molecule has 2 fully saturated rings. The van der Waals surface area contributed by atoms with E-state index in [-0.39, 0.29) is 5.56 Å². The summed E-state index contributed by atoms with van der Waals surface area (Å²) in [4.78, 5) is 14.3. The number of amides is 1. The number of thioether (sulfide) groups is 1. The molecule has 2 heterocycles. The summed E-state index contributed by atoms with van der Waals surface area (Å²) in [7, 11) is -10.9. The molecule has 2 aliphatic heterocycles. The molecule has 3 atom stereocenters. The molecule has 1 amide bonds. The van der Waals surface area contributed by atoms with E-state index in [0.717, 1.165) is 62.3 Å². The summed E-state index contributed by atoms with van der Waals surface area (Å²) in [5.74, 6) is 0.187. The average Bonchev–Trinajstić information content (AvgIpc) is 3.88. The van der Waals surface area contributed by atoms with Crippen LogP contribution in [0.3, 0.4) is 0 Å². The summed E-state index contributed by atoms with van der Waals surface area (Å²) in [5.41, 5.74) is -1.56. The molecule has 0 unspecified atom stereocenters. The van der Waals surface area contributed by atoms with E-state index >= 15 is 0 Å². The van der Waals surface area contributed by atoms with E-state index in [2.05, 4.69) is 33.0 Å². The van der Waals surface area contributed by atoms with Crippen LogP contribution in [0.25, 0.3) is 5.57 Å². The smallest absolute Gasteiger partial charge is 0.384 e. The first-order valence-electron chi connectivity index (χ1n) is 20.9. The van der Waals surface area contributed by atoms with Gasteiger partial charge in [-0.1, -0.05) is 47.5 Å². The van der Waals surface area contributed by atoms with E-state index in [1.54, 1.807) is 12.1 Å². The lowest BCUT2D eigenvalue weighted by atomic mass is 9.87. The molecule has 18 heteroatoms. The number of anilines is 2. The number of sulfonamides is 1. The molecule has 1 aliphatic carbocycles. The van der Waals surface area contributed by atoms with Crippen LogP contribution < -0.4 is 20.7 Å². The number of fused-ring (bicyclic) bond motifs is 1. The highest BCUT2D eigenvalue weighted by Gasteiger charge is 2.48. The summed E-state index contributed by atoms with van der Waals surface area (Å²) in [6.45, 7) is 5.64. The van der Waals surface area contributed by atoms with Crippen LogP contribution in [0.5, 0.6) is 0 Å². The van der Waals surface area contributed by atoms with Gasteiger partial charge in [0.15, 0.2) is 0 Å². The first-order valence-corrected chi connectivity index (χ1v) is 25.3. The number of halogens is 4. The second-order valence-corrected chi connectivity index (χ2v) is 21.2. The number of ether oxygens (including phenoxy) is 1. The SMILES string of the molecule is O=C(NS(=O)(=O)c1ccc(N[C@H](CCN2C[C@H]3COC[C@H]3C2)CSc2ccccc2)c(S(=O)(=O)C(F)(F)F)c1)c1ccc(NCCNCC2=C(c3ccc(Cl)cc3)CCCC2)cc1. The van der Waals surface area contributed by atoms with Crippen molar-refractivity contribution in [3.05, 3.63) is 119 Å². The molecule has 63 heavy (non-hydrogen) atoms. The summed E-state index contributed by atoms with van der Waals surface area (Å²) >= 11 is 7.55. The monoisotopic (exact) mass is 945 g/mol. The van der Waals surface area contributed by atoms with Gasteiger partial charge in [-0.15, -0.1) is 11.8 Å². The number of hydrogen-bond acceptors (Lipinski definition) is 11. The maximum Gasteiger partial charge on any atom is 0.501 e. The van der Waals surface area contributed by atoms with Crippen molar-refractivity contribution in [3.8, 4) is 0 Å². The number of nitrogens with zero attached hydrogens (tertiary/aromatic N) is 1. The van der Waals surface area contributed by atoms with Crippen LogP contribution in [0.2, 0.25) is 5.02 Å². The van der Waals surface area contributed by atoms with Crippen LogP contribution >= 0.6 is 23.4 Å². The number of sulfone groups is 1. The van der Waals surface area contributed by atoms with Crippen LogP contribution in [-0.2, 0) is 24.6 Å². The minimum absolute atomic E-state index is 0.0319. The Morgan fingerprint density at radius 2 is 1.57 bits per heavy atom. The maximum atomic E-state index is 14.2. The highest BCUT2D eigenvalue weighted by atomic mass is 35.5. The normalized spacial score (nSPS) is 18.9. The fourth-order valence-corrected chi connectivity index (χ4v) is 11.4. The van der Waals surface area contributed by atoms with E-state index in [1.807, 2.05) is 47.2 Å². The van der Waals surface area contributed by atoms with Crippen LogP contribution in [0.15, 0.2) is 117 Å². The molecule has 0 aromatic heterocycles. The first-order chi connectivity index (χ1) is 30.2. The Morgan fingerprint density at radius 3 is 2.27 bits per heavy atom. The van der Waals surface area contributed by atoms with E-state index in [0.29, 0.717) is 73.6 Å². The third kappa shape index (κ3) is 12.2. The molecular formula is C45H51ClF3N5O6S3. The van der Waals surface area contributed by atoms with E-state index < -0.39 is 52.8 Å². The summed E-state index contributed by atoms with van der Waals surface area (Å²) < 4.78 is 103. The molecule has 4 aromatic rings. The lowest BCUT2D eigenvalue weighted by Crippen LogP contribution is -2.33. The third-order valence-electron chi connectivity index (χ3n) is 11.6. The molecule has 0 bridgehead atoms. The van der Waals surface area contributed by atoms with Gasteiger partial charge in [0.05, 0.1) is 23.8 Å². The standard InChI is InChI=1S/C45H51ClF3N5O6S3/c46-36-14-10-31(11-15-36)41-9-5-4-6-33(41)25-50-21-22-51-37-16-12-32(13-17-37)44(55)53-63(58,59)40-18-19-42(43(24-40)62(56,57)45(47,48)49)52-38(30-61-39-7-2-1-3-8-39)20-23-54-26-34-28-60-29-35(34)27-54/h1-3,7-8,10-19,24,34-35,38,50-52H,4-6,9,20-23,25-30H2,(H,53,55)/t34-,35+,38-/m1/s1. The van der Waals surface area contributed by atoms with Crippen molar-refractivity contribution in [2.75, 3.05) is 68.9 Å². The Hall–Kier alpha value is -4.10. The van der Waals surface area contributed by atoms with E-state index in [9.17, 15) is 34.8 Å². The molecule has 4 N–H and O–H groups in total. The van der Waals surface area contributed by atoms with Gasteiger partial charge in [0.2, 0.25) is 0 Å². The molecule has 3 aliphatic rings. The Labute approximate surface area is 376 Å². The summed E-state index contributed by atoms with van der Waals surface area (Å²) in [6.07, 6.45) is 4.81. The minimum atomic E-state index is -6.05. The van der Waals surface area contributed by atoms with Gasteiger partial charge in [-0.3, -0.25) is 4.79 Å². The summed E-state index contributed by atoms with van der Waals surface area (Å²) in [6, 6.07) is 25.3. The second-order valence-electron chi connectivity index (χ2n) is 16.1. The fourth-order valence-electron chi connectivity index (χ4n) is 8.25. The molecule has 0 radical (unpaired) electrons. The van der Waals surface area contributed by atoms with Crippen molar-refractivity contribution >= 4 is 66.1 Å². The van der Waals surface area contributed by atoms with Crippen LogP contribution in [0.4, 0.5) is 24.5 Å². The van der Waals surface area contributed by atoms with Crippen LogP contribution in [0, 0.1) is 11.8 Å². The van der Waals surface area contributed by atoms with Gasteiger partial charge >= 0.3 is 5.51 Å². The number of benzene rings is 4. The number of alkyl halides is 3. The third-order valence-corrected chi connectivity index (χ3v) is 15.9. The largest absolute Gasteiger partial charge is 0.501 e. The van der Waals surface area contributed by atoms with Gasteiger partial charge in [-0.05, 0) is 110 Å². The molecular weight excluding hydrogens is 895 g/mol. The number of rotatable bonds is 19. The highest BCUT2D eigenvalue weighted by molar-refractivity contribution is 7.99. The van der Waals surface area contributed by atoms with E-state index in [4.69, 9.17) is 16.3 Å². The zero-order valence-electron chi connectivity index (χ0n) is 34.5. The molecule has 0 spiro atoms. The molecule has 4 aromatic carbocycles. The maximum absolute atomic E-state index is 14.2. The lowest BCUT2D eigenvalue weighted by molar-refractivity contribution is -0.0435. The number of carbonyl (C=O) groups is 1. The Balaban J connectivity index is 0.987. The van der Waals surface area contributed by atoms with Crippen molar-refractivity contribution in [2.45, 2.75) is 58.3 Å². The summed E-state index contributed by atoms with van der Waals surface area (Å²) in [5, 5.41) is 10.5. The van der Waals surface area contributed by atoms with Crippen LogP contribution in [-0.4, -0.2) is 97.4 Å². The zero-order chi connectivity index (χ0) is 44.6. The Bertz CT molecular complexity index is 2450. The molecule has 0 saturated carbocycles. The van der Waals surface area contributed by atoms with Crippen molar-refractivity contribution in [3.63, 3.8) is 0 Å². The Kier molecular flexibility index (Phi) is 15.5. The van der Waals surface area contributed by atoms with Gasteiger partial charge in [0.25, 0.3) is 25.8 Å². The van der Waals surface area contributed by atoms with Crippen molar-refractivity contribution in [1.82, 2.24) is 14.9 Å². The second kappa shape index (κ2) is 20.8. The topological polar surface area (TPSA) is 146 Å². The number of carbonyl (C=O) groups excluding carboxylic acids is 1. The molecule has 338 valence electrons. The van der Waals surface area contributed by atoms with Crippen LogP contribution in [0.1, 0.15) is 48.0 Å². The number of likely N-dealkylation sites (tertiary alicyclic amines) is 1. The predicted molar refractivity (Wildman–Crippen MR) is 242 cm³/mol. The molecule has 2 saturated heterocycles. The highest BCUT2D eigenvalue weighted by Crippen LogP contribution is 2.37. The van der Waals surface area contributed by atoms with Crippen molar-refractivity contribution < 1.29 is 39.5 Å². The number of allylic oxidation sites excluding steroid dienone is 1. The molecule has 11 nitrogen and oxygen atoms in total. The lowest BCUT2D eigenvalue weighted by Gasteiger charge is -2.25. The van der Waals surface area contributed by atoms with Crippen molar-refractivity contribution in [2.24, 2.45) is 11.8 Å². The fraction of sp³-hybridized carbons (Fsp3) is 0.400.